The minimum atomic E-state index is -3.18. The van der Waals surface area contributed by atoms with Crippen molar-refractivity contribution < 1.29 is 46.6 Å². The zero-order valence-electron chi connectivity index (χ0n) is 32.9. The first-order valence-corrected chi connectivity index (χ1v) is 18.9. The summed E-state index contributed by atoms with van der Waals surface area (Å²) in [5.41, 5.74) is 3.84. The Balaban J connectivity index is 1.11. The van der Waals surface area contributed by atoms with Crippen LogP contribution in [0, 0.1) is 23.7 Å². The van der Waals surface area contributed by atoms with Gasteiger partial charge in [0.2, 0.25) is 11.8 Å². The third kappa shape index (κ3) is 9.67. The zero-order chi connectivity index (χ0) is 42.8. The standard InChI is InChI=1S/C41H44F4N8O6/c1-22(2)32(50-38(56)57)36(54)52-20-40(42,43)16-30(52)34-46-18-28(48-34)26-12-8-24(9-13-26)6-7-25-10-14-27(15-11-25)29-19-47-35(49-29)31-17-41(44,45)21-53(31)37(55)33(23(3)4)51-39(58)59-5/h8-15,18-19,22-23,30-33,50H,16-17,20-21H2,1-5H3,(H,46,48)(H,47,49)(H,51,58)(H,56,57)/t30-,31-,32-,33-/m0/s1. The van der Waals surface area contributed by atoms with Crippen LogP contribution in [0.3, 0.4) is 0 Å². The Bertz CT molecular complexity index is 2250. The predicted molar refractivity (Wildman–Crippen MR) is 206 cm³/mol. The van der Waals surface area contributed by atoms with Gasteiger partial charge < -0.3 is 40.2 Å². The molecular weight excluding hydrogens is 776 g/mol. The Labute approximate surface area is 337 Å². The van der Waals surface area contributed by atoms with Gasteiger partial charge in [-0.3, -0.25) is 9.59 Å². The maximum absolute atomic E-state index is 14.7. The number of carboxylic acid groups (broad SMARTS) is 1. The normalized spacial score (nSPS) is 19.2. The lowest BCUT2D eigenvalue weighted by atomic mass is 10.0. The highest BCUT2D eigenvalue weighted by molar-refractivity contribution is 5.87. The molecule has 2 aliphatic rings. The van der Waals surface area contributed by atoms with Crippen LogP contribution in [0.4, 0.5) is 27.2 Å². The first-order valence-electron chi connectivity index (χ1n) is 18.9. The summed E-state index contributed by atoms with van der Waals surface area (Å²) < 4.78 is 63.3. The molecule has 14 nitrogen and oxygen atoms in total. The van der Waals surface area contributed by atoms with Crippen molar-refractivity contribution in [3.8, 4) is 34.4 Å². The van der Waals surface area contributed by atoms with Crippen LogP contribution in [0.5, 0.6) is 0 Å². The van der Waals surface area contributed by atoms with Crippen molar-refractivity contribution >= 4 is 24.0 Å². The fourth-order valence-corrected chi connectivity index (χ4v) is 7.20. The molecule has 0 spiro atoms. The number of imidazole rings is 2. The Morgan fingerprint density at radius 3 is 1.47 bits per heavy atom. The molecule has 2 fully saturated rings. The predicted octanol–water partition coefficient (Wildman–Crippen LogP) is 6.36. The monoisotopic (exact) mass is 820 g/mol. The molecule has 4 aromatic rings. The molecule has 312 valence electrons. The Morgan fingerprint density at radius 2 is 1.12 bits per heavy atom. The van der Waals surface area contributed by atoms with Gasteiger partial charge in [-0.05, 0) is 47.2 Å². The second-order valence-corrected chi connectivity index (χ2v) is 15.4. The second-order valence-electron chi connectivity index (χ2n) is 15.4. The van der Waals surface area contributed by atoms with Crippen molar-refractivity contribution in [1.29, 1.82) is 0 Å². The van der Waals surface area contributed by atoms with E-state index >= 15 is 0 Å². The quantitative estimate of drug-likeness (QED) is 0.0904. The fourth-order valence-electron chi connectivity index (χ4n) is 7.20. The van der Waals surface area contributed by atoms with E-state index in [4.69, 9.17) is 0 Å². The molecular formula is C41H44F4N8O6. The number of alkyl carbamates (subject to hydrolysis) is 1. The molecule has 0 saturated carbocycles. The van der Waals surface area contributed by atoms with Crippen molar-refractivity contribution in [3.05, 3.63) is 83.7 Å². The van der Waals surface area contributed by atoms with Crippen molar-refractivity contribution in [2.75, 3.05) is 20.2 Å². The van der Waals surface area contributed by atoms with E-state index in [0.29, 0.717) is 33.6 Å². The van der Waals surface area contributed by atoms with Crippen molar-refractivity contribution in [2.24, 2.45) is 11.8 Å². The highest BCUT2D eigenvalue weighted by Crippen LogP contribution is 2.42. The molecule has 2 saturated heterocycles. The maximum atomic E-state index is 14.7. The Hall–Kier alpha value is -6.38. The lowest BCUT2D eigenvalue weighted by Crippen LogP contribution is -2.51. The molecule has 18 heteroatoms. The van der Waals surface area contributed by atoms with E-state index in [9.17, 15) is 41.8 Å². The number of nitrogens with zero attached hydrogens (tertiary/aromatic N) is 4. The summed E-state index contributed by atoms with van der Waals surface area (Å²) in [6.07, 6.45) is -0.574. The maximum Gasteiger partial charge on any atom is 0.407 e. The van der Waals surface area contributed by atoms with Crippen LogP contribution in [0.1, 0.15) is 75.4 Å². The van der Waals surface area contributed by atoms with E-state index in [1.165, 1.54) is 12.4 Å². The number of benzene rings is 2. The first-order chi connectivity index (χ1) is 27.8. The lowest BCUT2D eigenvalue weighted by Gasteiger charge is -2.29. The number of nitrogens with one attached hydrogen (secondary N) is 4. The number of likely N-dealkylation sites (tertiary alicyclic amines) is 2. The van der Waals surface area contributed by atoms with Crippen LogP contribution in [0.2, 0.25) is 0 Å². The highest BCUT2D eigenvalue weighted by atomic mass is 19.3. The van der Waals surface area contributed by atoms with E-state index in [1.807, 2.05) is 0 Å². The summed E-state index contributed by atoms with van der Waals surface area (Å²) >= 11 is 0. The third-order valence-corrected chi connectivity index (χ3v) is 10.3. The first kappa shape index (κ1) is 42.2. The van der Waals surface area contributed by atoms with Crippen LogP contribution in [-0.4, -0.2) is 103 Å². The minimum absolute atomic E-state index is 0.156. The lowest BCUT2D eigenvalue weighted by molar-refractivity contribution is -0.137. The van der Waals surface area contributed by atoms with Gasteiger partial charge >= 0.3 is 12.2 Å². The van der Waals surface area contributed by atoms with Gasteiger partial charge in [0.25, 0.3) is 11.8 Å². The summed E-state index contributed by atoms with van der Waals surface area (Å²) in [7, 11) is 1.15. The molecule has 6 rings (SSSR count). The molecule has 2 aromatic carbocycles. The number of aromatic amines is 2. The Morgan fingerprint density at radius 1 is 0.729 bits per heavy atom. The van der Waals surface area contributed by atoms with Gasteiger partial charge in [0.1, 0.15) is 23.7 Å². The van der Waals surface area contributed by atoms with Crippen LogP contribution >= 0.6 is 0 Å². The number of halogens is 4. The van der Waals surface area contributed by atoms with E-state index < -0.39 is 97.8 Å². The van der Waals surface area contributed by atoms with E-state index in [2.05, 4.69) is 47.1 Å². The van der Waals surface area contributed by atoms with Crippen LogP contribution < -0.4 is 10.6 Å². The van der Waals surface area contributed by atoms with Gasteiger partial charge in [0, 0.05) is 24.0 Å². The molecule has 4 heterocycles. The number of carbonyl (C=O) groups is 4. The highest BCUT2D eigenvalue weighted by Gasteiger charge is 2.51. The molecule has 0 radical (unpaired) electrons. The fraction of sp³-hybridized carbons (Fsp3) is 0.415. The van der Waals surface area contributed by atoms with Crippen LogP contribution in [0.15, 0.2) is 60.9 Å². The van der Waals surface area contributed by atoms with Gasteiger partial charge in [-0.25, -0.2) is 37.1 Å². The Kier molecular flexibility index (Phi) is 12.1. The van der Waals surface area contributed by atoms with Crippen molar-refractivity contribution in [2.45, 2.75) is 76.5 Å². The number of aromatic nitrogens is 4. The molecule has 0 aliphatic carbocycles. The number of rotatable bonds is 10. The van der Waals surface area contributed by atoms with Gasteiger partial charge in [-0.15, -0.1) is 0 Å². The van der Waals surface area contributed by atoms with Crippen molar-refractivity contribution in [3.63, 3.8) is 0 Å². The summed E-state index contributed by atoms with van der Waals surface area (Å²) in [5, 5.41) is 13.8. The average molecular weight is 821 g/mol. The number of methoxy groups -OCH3 is 1. The SMILES string of the molecule is COC(=O)N[C@H](C(=O)N1CC(F)(F)C[C@H]1c1ncc(-c2ccc(C#Cc3ccc(-c4cnc([C@@H]5CC(F)(F)CN5C(=O)[C@@H](NC(=O)O)C(C)C)[nH]4)cc3)cc2)[nH]1)C(C)C. The number of carbonyl (C=O) groups excluding carboxylic acids is 3. The third-order valence-electron chi connectivity index (χ3n) is 10.3. The number of H-pyrrole nitrogens is 2. The number of hydrogen-bond acceptors (Lipinski definition) is 7. The van der Waals surface area contributed by atoms with Gasteiger partial charge in [-0.1, -0.05) is 63.8 Å². The van der Waals surface area contributed by atoms with Crippen LogP contribution in [-0.2, 0) is 14.3 Å². The van der Waals surface area contributed by atoms with Gasteiger partial charge in [0.05, 0.1) is 56.1 Å². The molecule has 0 unspecified atom stereocenters. The molecule has 4 atom stereocenters. The number of ether oxygens (including phenoxy) is 1. The largest absolute Gasteiger partial charge is 0.465 e. The van der Waals surface area contributed by atoms with E-state index in [-0.39, 0.29) is 11.6 Å². The zero-order valence-corrected chi connectivity index (χ0v) is 32.9. The topological polar surface area (TPSA) is 186 Å². The molecule has 59 heavy (non-hydrogen) atoms. The van der Waals surface area contributed by atoms with Gasteiger partial charge in [-0.2, -0.15) is 0 Å². The summed E-state index contributed by atoms with van der Waals surface area (Å²) in [5.74, 6) is -2.10. The van der Waals surface area contributed by atoms with E-state index in [1.54, 1.807) is 76.2 Å². The van der Waals surface area contributed by atoms with Crippen molar-refractivity contribution in [1.82, 2.24) is 40.4 Å². The average Bonchev–Trinajstić information content (AvgIpc) is 4.00. The minimum Gasteiger partial charge on any atom is -0.465 e. The summed E-state index contributed by atoms with van der Waals surface area (Å²) in [6, 6.07) is 9.88. The molecule has 2 aromatic heterocycles. The molecule has 4 amide bonds. The van der Waals surface area contributed by atoms with Crippen LogP contribution in [0.25, 0.3) is 22.5 Å². The summed E-state index contributed by atoms with van der Waals surface area (Å²) in [4.78, 5) is 66.7. The van der Waals surface area contributed by atoms with Gasteiger partial charge in [0.15, 0.2) is 0 Å². The number of hydrogen-bond donors (Lipinski definition) is 5. The molecule has 0 bridgehead atoms. The molecule has 5 N–H and O–H groups in total. The summed E-state index contributed by atoms with van der Waals surface area (Å²) in [6.45, 7) is 4.96. The number of amides is 4. The smallest absolute Gasteiger partial charge is 0.407 e. The van der Waals surface area contributed by atoms with E-state index in [0.717, 1.165) is 16.9 Å². The molecule has 2 aliphatic heterocycles. The second kappa shape index (κ2) is 16.8. The number of alkyl halides is 4.